The SMILES string of the molecule is N[C@H](c1cc(Cl)c(O)c(Cl)c1)C(F)(F)F. The Hall–Kier alpha value is -0.650. The van der Waals surface area contributed by atoms with E-state index in [1.165, 1.54) is 0 Å². The molecular weight excluding hydrogens is 254 g/mol. The molecule has 0 amide bonds. The number of hydrogen-bond donors (Lipinski definition) is 2. The van der Waals surface area contributed by atoms with Gasteiger partial charge < -0.3 is 10.8 Å². The molecule has 0 spiro atoms. The van der Waals surface area contributed by atoms with E-state index in [0.717, 1.165) is 12.1 Å². The molecule has 0 aliphatic rings. The number of nitrogens with two attached hydrogens (primary N) is 1. The maximum atomic E-state index is 12.2. The summed E-state index contributed by atoms with van der Waals surface area (Å²) < 4.78 is 36.7. The lowest BCUT2D eigenvalue weighted by molar-refractivity contribution is -0.149. The van der Waals surface area contributed by atoms with Crippen molar-refractivity contribution in [2.75, 3.05) is 0 Å². The van der Waals surface area contributed by atoms with E-state index in [0.29, 0.717) is 0 Å². The van der Waals surface area contributed by atoms with Crippen molar-refractivity contribution in [1.29, 1.82) is 0 Å². The van der Waals surface area contributed by atoms with Gasteiger partial charge in [0.15, 0.2) is 5.75 Å². The highest BCUT2D eigenvalue weighted by molar-refractivity contribution is 6.37. The lowest BCUT2D eigenvalue weighted by Gasteiger charge is -2.16. The number of benzene rings is 1. The van der Waals surface area contributed by atoms with Crippen molar-refractivity contribution in [2.24, 2.45) is 5.73 Å². The van der Waals surface area contributed by atoms with Crippen molar-refractivity contribution in [3.05, 3.63) is 27.7 Å². The second-order valence-electron chi connectivity index (χ2n) is 2.85. The van der Waals surface area contributed by atoms with Crippen LogP contribution in [0.15, 0.2) is 12.1 Å². The summed E-state index contributed by atoms with van der Waals surface area (Å²) in [5.74, 6) is -0.462. The van der Waals surface area contributed by atoms with Crippen molar-refractivity contribution < 1.29 is 18.3 Å². The molecule has 0 saturated carbocycles. The first kappa shape index (κ1) is 12.4. The fraction of sp³-hybridized carbons (Fsp3) is 0.250. The second kappa shape index (κ2) is 4.08. The Morgan fingerprint density at radius 1 is 1.20 bits per heavy atom. The molecule has 15 heavy (non-hydrogen) atoms. The van der Waals surface area contributed by atoms with Crippen LogP contribution in [0.1, 0.15) is 11.6 Å². The van der Waals surface area contributed by atoms with E-state index in [1.807, 2.05) is 0 Å². The third kappa shape index (κ3) is 2.68. The Balaban J connectivity index is 3.17. The molecule has 1 aromatic rings. The molecule has 0 radical (unpaired) electrons. The number of halogens is 5. The number of alkyl halides is 3. The van der Waals surface area contributed by atoms with E-state index in [-0.39, 0.29) is 15.6 Å². The van der Waals surface area contributed by atoms with Gasteiger partial charge >= 0.3 is 6.18 Å². The molecule has 0 heterocycles. The molecule has 1 atom stereocenters. The van der Waals surface area contributed by atoms with Crippen LogP contribution in [-0.2, 0) is 0 Å². The fourth-order valence-corrected chi connectivity index (χ4v) is 1.46. The Morgan fingerprint density at radius 3 is 1.93 bits per heavy atom. The maximum Gasteiger partial charge on any atom is 0.407 e. The van der Waals surface area contributed by atoms with Crippen LogP contribution in [0.3, 0.4) is 0 Å². The molecule has 1 aromatic carbocycles. The number of aromatic hydroxyl groups is 1. The van der Waals surface area contributed by atoms with E-state index in [2.05, 4.69) is 0 Å². The van der Waals surface area contributed by atoms with Crippen LogP contribution in [-0.4, -0.2) is 11.3 Å². The summed E-state index contributed by atoms with van der Waals surface area (Å²) in [6, 6.07) is -0.310. The van der Waals surface area contributed by atoms with Gasteiger partial charge in [-0.25, -0.2) is 0 Å². The Labute approximate surface area is 93.4 Å². The lowest BCUT2D eigenvalue weighted by atomic mass is 10.1. The lowest BCUT2D eigenvalue weighted by Crippen LogP contribution is -2.28. The van der Waals surface area contributed by atoms with Gasteiger partial charge in [-0.2, -0.15) is 13.2 Å². The van der Waals surface area contributed by atoms with Crippen molar-refractivity contribution in [1.82, 2.24) is 0 Å². The van der Waals surface area contributed by atoms with Gasteiger partial charge in [0.05, 0.1) is 10.0 Å². The van der Waals surface area contributed by atoms with Crippen LogP contribution in [0.5, 0.6) is 5.75 Å². The van der Waals surface area contributed by atoms with Gasteiger partial charge in [0, 0.05) is 0 Å². The molecular formula is C8H6Cl2F3NO. The first-order valence-electron chi connectivity index (χ1n) is 3.73. The average molecular weight is 260 g/mol. The molecule has 0 bridgehead atoms. The molecule has 1 rings (SSSR count). The minimum atomic E-state index is -4.58. The molecule has 0 unspecified atom stereocenters. The minimum absolute atomic E-state index is 0.266. The van der Waals surface area contributed by atoms with Crippen molar-refractivity contribution >= 4 is 23.2 Å². The number of hydrogen-bond acceptors (Lipinski definition) is 2. The van der Waals surface area contributed by atoms with Gasteiger partial charge in [0.1, 0.15) is 6.04 Å². The van der Waals surface area contributed by atoms with Gasteiger partial charge in [-0.1, -0.05) is 23.2 Å². The molecule has 0 aliphatic heterocycles. The standard InChI is InChI=1S/C8H6Cl2F3NO/c9-4-1-3(2-5(10)6(4)15)7(14)8(11,12)13/h1-2,7,15H,14H2/t7-/m1/s1. The first-order chi connectivity index (χ1) is 6.73. The van der Waals surface area contributed by atoms with Crippen molar-refractivity contribution in [3.8, 4) is 5.75 Å². The third-order valence-corrected chi connectivity index (χ3v) is 2.33. The summed E-state index contributed by atoms with van der Waals surface area (Å²) >= 11 is 10.9. The van der Waals surface area contributed by atoms with Crippen molar-refractivity contribution in [3.63, 3.8) is 0 Å². The Morgan fingerprint density at radius 2 is 1.60 bits per heavy atom. The summed E-state index contributed by atoms with van der Waals surface area (Å²) in [5, 5.41) is 8.60. The van der Waals surface area contributed by atoms with Gasteiger partial charge in [-0.05, 0) is 17.7 Å². The van der Waals surface area contributed by atoms with Gasteiger partial charge in [0.25, 0.3) is 0 Å². The molecule has 0 aromatic heterocycles. The number of rotatable bonds is 1. The highest BCUT2D eigenvalue weighted by Crippen LogP contribution is 2.38. The van der Waals surface area contributed by atoms with Gasteiger partial charge in [-0.3, -0.25) is 0 Å². The van der Waals surface area contributed by atoms with Crippen molar-refractivity contribution in [2.45, 2.75) is 12.2 Å². The monoisotopic (exact) mass is 259 g/mol. The van der Waals surface area contributed by atoms with E-state index in [4.69, 9.17) is 34.0 Å². The van der Waals surface area contributed by atoms with Gasteiger partial charge in [-0.15, -0.1) is 0 Å². The number of phenolic OH excluding ortho intramolecular Hbond substituents is 1. The largest absolute Gasteiger partial charge is 0.505 e. The van der Waals surface area contributed by atoms with E-state index in [9.17, 15) is 13.2 Å². The maximum absolute atomic E-state index is 12.2. The molecule has 3 N–H and O–H groups in total. The highest BCUT2D eigenvalue weighted by atomic mass is 35.5. The van der Waals surface area contributed by atoms with Crippen LogP contribution < -0.4 is 5.73 Å². The van der Waals surface area contributed by atoms with Gasteiger partial charge in [0.2, 0.25) is 0 Å². The normalized spacial score (nSPS) is 14.0. The Kier molecular flexibility index (Phi) is 3.38. The molecule has 0 aliphatic carbocycles. The Bertz CT molecular complexity index is 358. The zero-order valence-corrected chi connectivity index (χ0v) is 8.66. The van der Waals surface area contributed by atoms with E-state index in [1.54, 1.807) is 0 Å². The van der Waals surface area contributed by atoms with Crippen LogP contribution in [0.25, 0.3) is 0 Å². The quantitative estimate of drug-likeness (QED) is 0.813. The molecule has 0 fully saturated rings. The zero-order valence-electron chi connectivity index (χ0n) is 7.15. The topological polar surface area (TPSA) is 46.2 Å². The fourth-order valence-electron chi connectivity index (χ4n) is 0.954. The third-order valence-electron chi connectivity index (χ3n) is 1.75. The minimum Gasteiger partial charge on any atom is -0.505 e. The van der Waals surface area contributed by atoms with E-state index < -0.39 is 18.0 Å². The number of phenols is 1. The molecule has 84 valence electrons. The summed E-state index contributed by atoms with van der Waals surface area (Å²) in [7, 11) is 0. The van der Waals surface area contributed by atoms with Crippen LogP contribution in [0, 0.1) is 0 Å². The zero-order chi connectivity index (χ0) is 11.8. The predicted molar refractivity (Wildman–Crippen MR) is 51.1 cm³/mol. The summed E-state index contributed by atoms with van der Waals surface area (Å²) in [5.41, 5.74) is 4.64. The van der Waals surface area contributed by atoms with Crippen LogP contribution in [0.4, 0.5) is 13.2 Å². The smallest absolute Gasteiger partial charge is 0.407 e. The van der Waals surface area contributed by atoms with Crippen LogP contribution in [0.2, 0.25) is 10.0 Å². The summed E-state index contributed by atoms with van der Waals surface area (Å²) in [6.45, 7) is 0. The summed E-state index contributed by atoms with van der Waals surface area (Å²) in [6.07, 6.45) is -4.58. The second-order valence-corrected chi connectivity index (χ2v) is 3.67. The van der Waals surface area contributed by atoms with Crippen LogP contribution >= 0.6 is 23.2 Å². The first-order valence-corrected chi connectivity index (χ1v) is 4.49. The van der Waals surface area contributed by atoms with E-state index >= 15 is 0 Å². The highest BCUT2D eigenvalue weighted by Gasteiger charge is 2.38. The average Bonchev–Trinajstić information content (AvgIpc) is 2.10. The molecule has 0 saturated heterocycles. The molecule has 7 heteroatoms. The predicted octanol–water partition coefficient (Wildman–Crippen LogP) is 3.26. The summed E-state index contributed by atoms with van der Waals surface area (Å²) in [4.78, 5) is 0. The molecule has 2 nitrogen and oxygen atoms in total.